The van der Waals surface area contributed by atoms with Crippen LogP contribution in [0.1, 0.15) is 0 Å². The van der Waals surface area contributed by atoms with Gasteiger partial charge in [0.15, 0.2) is 6.20 Å². The number of halogens is 1. The molecule has 12 heavy (non-hydrogen) atoms. The van der Waals surface area contributed by atoms with E-state index in [0.29, 0.717) is 15.3 Å². The van der Waals surface area contributed by atoms with Gasteiger partial charge in [0.05, 0.1) is 5.02 Å². The van der Waals surface area contributed by atoms with E-state index in [1.54, 1.807) is 18.3 Å². The summed E-state index contributed by atoms with van der Waals surface area (Å²) in [4.78, 5) is 4.00. The Bertz CT molecular complexity index is 430. The molecule has 0 aliphatic carbocycles. The number of pyridine rings is 2. The average molecular weight is 181 g/mol. The molecule has 0 amide bonds. The number of rotatable bonds is 0. The SMILES string of the molecule is [O-][n+]1ccc2c(Cl)ccnc2c1. The molecule has 0 saturated carbocycles. The number of nitrogens with zero attached hydrogens (tertiary/aromatic N) is 2. The van der Waals surface area contributed by atoms with Crippen LogP contribution >= 0.6 is 11.6 Å². The Hall–Kier alpha value is -1.35. The number of hydrogen-bond acceptors (Lipinski definition) is 2. The van der Waals surface area contributed by atoms with Gasteiger partial charge in [0.25, 0.3) is 0 Å². The Labute approximate surface area is 73.8 Å². The lowest BCUT2D eigenvalue weighted by Crippen LogP contribution is -2.23. The third kappa shape index (κ3) is 1.08. The monoisotopic (exact) mass is 180 g/mol. The van der Waals surface area contributed by atoms with E-state index >= 15 is 0 Å². The van der Waals surface area contributed by atoms with Crippen molar-refractivity contribution in [2.45, 2.75) is 0 Å². The Morgan fingerprint density at radius 1 is 1.42 bits per heavy atom. The summed E-state index contributed by atoms with van der Waals surface area (Å²) < 4.78 is 0.700. The van der Waals surface area contributed by atoms with Crippen LogP contribution in [-0.2, 0) is 0 Å². The first-order valence-corrected chi connectivity index (χ1v) is 3.78. The summed E-state index contributed by atoms with van der Waals surface area (Å²) in [7, 11) is 0. The molecule has 2 aromatic rings. The predicted octanol–water partition coefficient (Wildman–Crippen LogP) is 1.52. The van der Waals surface area contributed by atoms with E-state index in [0.717, 1.165) is 5.39 Å². The zero-order valence-corrected chi connectivity index (χ0v) is 6.82. The van der Waals surface area contributed by atoms with Gasteiger partial charge in [-0.1, -0.05) is 11.6 Å². The van der Waals surface area contributed by atoms with Crippen LogP contribution in [0, 0.1) is 5.21 Å². The van der Waals surface area contributed by atoms with Crippen LogP contribution in [0.5, 0.6) is 0 Å². The van der Waals surface area contributed by atoms with Crippen LogP contribution in [-0.4, -0.2) is 4.98 Å². The summed E-state index contributed by atoms with van der Waals surface area (Å²) in [6.07, 6.45) is 4.36. The minimum Gasteiger partial charge on any atom is -0.619 e. The van der Waals surface area contributed by atoms with E-state index in [4.69, 9.17) is 11.6 Å². The molecule has 0 aliphatic rings. The van der Waals surface area contributed by atoms with Crippen molar-refractivity contribution in [3.63, 3.8) is 0 Å². The van der Waals surface area contributed by atoms with E-state index in [1.807, 2.05) is 0 Å². The largest absolute Gasteiger partial charge is 0.619 e. The van der Waals surface area contributed by atoms with E-state index in [-0.39, 0.29) is 0 Å². The summed E-state index contributed by atoms with van der Waals surface area (Å²) in [6, 6.07) is 3.34. The highest BCUT2D eigenvalue weighted by atomic mass is 35.5. The topological polar surface area (TPSA) is 39.8 Å². The smallest absolute Gasteiger partial charge is 0.206 e. The van der Waals surface area contributed by atoms with Crippen LogP contribution in [0.2, 0.25) is 5.02 Å². The van der Waals surface area contributed by atoms with Gasteiger partial charge in [-0.3, -0.25) is 0 Å². The molecule has 0 saturated heterocycles. The summed E-state index contributed by atoms with van der Waals surface area (Å²) in [5.41, 5.74) is 0.611. The molecule has 3 nitrogen and oxygen atoms in total. The summed E-state index contributed by atoms with van der Waals surface area (Å²) in [6.45, 7) is 0. The molecule has 4 heteroatoms. The maximum Gasteiger partial charge on any atom is 0.206 e. The van der Waals surface area contributed by atoms with Crippen LogP contribution in [0.4, 0.5) is 0 Å². The quantitative estimate of drug-likeness (QED) is 0.456. The van der Waals surface area contributed by atoms with Gasteiger partial charge in [-0.25, -0.2) is 4.98 Å². The summed E-state index contributed by atoms with van der Waals surface area (Å²) >= 11 is 5.86. The third-order valence-corrected chi connectivity index (χ3v) is 1.93. The lowest BCUT2D eigenvalue weighted by Gasteiger charge is -1.98. The Balaban J connectivity index is 2.86. The molecule has 0 N–H and O–H groups in total. The summed E-state index contributed by atoms with van der Waals surface area (Å²) in [5.74, 6) is 0. The van der Waals surface area contributed by atoms with E-state index in [1.165, 1.54) is 12.4 Å². The molecule has 0 atom stereocenters. The minimum atomic E-state index is 0.611. The highest BCUT2D eigenvalue weighted by molar-refractivity contribution is 6.35. The molecule has 0 aromatic carbocycles. The molecule has 2 heterocycles. The molecule has 0 radical (unpaired) electrons. The van der Waals surface area contributed by atoms with Crippen LogP contribution in [0.3, 0.4) is 0 Å². The predicted molar refractivity (Wildman–Crippen MR) is 45.7 cm³/mol. The Morgan fingerprint density at radius 3 is 3.08 bits per heavy atom. The standard InChI is InChI=1S/C8H5ClN2O/c9-7-1-3-10-8-5-11(12)4-2-6(7)8/h1-5H. The maximum absolute atomic E-state index is 10.8. The van der Waals surface area contributed by atoms with Crippen molar-refractivity contribution in [3.05, 3.63) is 41.0 Å². The lowest BCUT2D eigenvalue weighted by molar-refractivity contribution is -0.604. The van der Waals surface area contributed by atoms with Crippen LogP contribution in [0.25, 0.3) is 10.9 Å². The highest BCUT2D eigenvalue weighted by Gasteiger charge is 2.01. The van der Waals surface area contributed by atoms with Gasteiger partial charge in [0.2, 0.25) is 6.20 Å². The molecule has 0 bridgehead atoms. The van der Waals surface area contributed by atoms with Crippen LogP contribution in [0.15, 0.2) is 30.7 Å². The summed E-state index contributed by atoms with van der Waals surface area (Å²) in [5, 5.41) is 12.2. The van der Waals surface area contributed by atoms with Crippen molar-refractivity contribution < 1.29 is 4.73 Å². The molecule has 0 unspecified atom stereocenters. The van der Waals surface area contributed by atoms with Gasteiger partial charge in [0, 0.05) is 17.6 Å². The van der Waals surface area contributed by atoms with Crippen molar-refractivity contribution in [1.82, 2.24) is 4.98 Å². The molecule has 0 fully saturated rings. The first kappa shape index (κ1) is 7.31. The van der Waals surface area contributed by atoms with Crippen molar-refractivity contribution >= 4 is 22.5 Å². The fourth-order valence-corrected chi connectivity index (χ4v) is 1.26. The molecule has 60 valence electrons. The number of hydrogen-bond donors (Lipinski definition) is 0. The van der Waals surface area contributed by atoms with E-state index < -0.39 is 0 Å². The van der Waals surface area contributed by atoms with Gasteiger partial charge in [-0.2, -0.15) is 4.73 Å². The fourth-order valence-electron chi connectivity index (χ4n) is 1.04. The normalized spacial score (nSPS) is 10.4. The second-order valence-corrected chi connectivity index (χ2v) is 2.80. The van der Waals surface area contributed by atoms with Gasteiger partial charge in [-0.15, -0.1) is 0 Å². The highest BCUT2D eigenvalue weighted by Crippen LogP contribution is 2.18. The maximum atomic E-state index is 10.8. The first-order valence-electron chi connectivity index (χ1n) is 3.40. The van der Waals surface area contributed by atoms with Crippen LogP contribution < -0.4 is 4.73 Å². The number of fused-ring (bicyclic) bond motifs is 1. The second-order valence-electron chi connectivity index (χ2n) is 2.40. The van der Waals surface area contributed by atoms with Crippen molar-refractivity contribution in [2.24, 2.45) is 0 Å². The fraction of sp³-hybridized carbons (Fsp3) is 0. The van der Waals surface area contributed by atoms with Crippen molar-refractivity contribution in [1.29, 1.82) is 0 Å². The molecule has 2 aromatic heterocycles. The molecular weight excluding hydrogens is 176 g/mol. The molecule has 0 aliphatic heterocycles. The second kappa shape index (κ2) is 2.60. The van der Waals surface area contributed by atoms with Gasteiger partial charge < -0.3 is 5.21 Å². The number of aromatic nitrogens is 2. The average Bonchev–Trinajstić information content (AvgIpc) is 2.04. The Kier molecular flexibility index (Phi) is 1.59. The van der Waals surface area contributed by atoms with Gasteiger partial charge >= 0.3 is 0 Å². The zero-order chi connectivity index (χ0) is 8.55. The molecule has 2 rings (SSSR count). The van der Waals surface area contributed by atoms with E-state index in [9.17, 15) is 5.21 Å². The lowest BCUT2D eigenvalue weighted by atomic mass is 10.3. The zero-order valence-electron chi connectivity index (χ0n) is 6.07. The third-order valence-electron chi connectivity index (χ3n) is 1.61. The molecule has 0 spiro atoms. The van der Waals surface area contributed by atoms with Gasteiger partial charge in [-0.05, 0) is 6.07 Å². The van der Waals surface area contributed by atoms with Gasteiger partial charge in [0.1, 0.15) is 5.52 Å². The first-order chi connectivity index (χ1) is 5.77. The van der Waals surface area contributed by atoms with Crippen molar-refractivity contribution in [3.8, 4) is 0 Å². The Morgan fingerprint density at radius 2 is 2.25 bits per heavy atom. The van der Waals surface area contributed by atoms with Crippen molar-refractivity contribution in [2.75, 3.05) is 0 Å². The minimum absolute atomic E-state index is 0.611. The van der Waals surface area contributed by atoms with E-state index in [2.05, 4.69) is 4.98 Å². The molecular formula is C8H5ClN2O.